The molecule has 0 atom stereocenters. The molecule has 1 rings (SSSR count). The van der Waals surface area contributed by atoms with Crippen LogP contribution in [-0.2, 0) is 26.8 Å². The summed E-state index contributed by atoms with van der Waals surface area (Å²) in [4.78, 5) is 11.7. The SMILES string of the molecule is C.C.CCOC(=O)Cc1cc(C(C)(C)C)c(O)c(C(C)(C)C)c1. The van der Waals surface area contributed by atoms with Crippen LogP contribution in [0.2, 0.25) is 0 Å². The monoisotopic (exact) mass is 324 g/mol. The molecule has 23 heavy (non-hydrogen) atoms. The van der Waals surface area contributed by atoms with E-state index in [0.29, 0.717) is 12.4 Å². The van der Waals surface area contributed by atoms with Gasteiger partial charge in [-0.3, -0.25) is 4.79 Å². The Hall–Kier alpha value is -1.51. The number of aromatic hydroxyl groups is 1. The lowest BCUT2D eigenvalue weighted by Gasteiger charge is -2.28. The number of hydrogen-bond acceptors (Lipinski definition) is 3. The minimum absolute atomic E-state index is 0. The third-order valence-electron chi connectivity index (χ3n) is 3.44. The predicted molar refractivity (Wildman–Crippen MR) is 99.3 cm³/mol. The van der Waals surface area contributed by atoms with Crippen molar-refractivity contribution in [3.8, 4) is 5.75 Å². The summed E-state index contributed by atoms with van der Waals surface area (Å²) in [6.45, 7) is 14.5. The van der Waals surface area contributed by atoms with Crippen LogP contribution in [0, 0.1) is 0 Å². The summed E-state index contributed by atoms with van der Waals surface area (Å²) in [7, 11) is 0. The molecule has 1 aromatic rings. The second kappa shape index (κ2) is 8.37. The summed E-state index contributed by atoms with van der Waals surface area (Å²) in [5.41, 5.74) is 2.26. The van der Waals surface area contributed by atoms with Gasteiger partial charge in [-0.15, -0.1) is 0 Å². The van der Waals surface area contributed by atoms with Crippen molar-refractivity contribution in [2.24, 2.45) is 0 Å². The number of hydrogen-bond donors (Lipinski definition) is 1. The molecule has 1 N–H and O–H groups in total. The molecule has 0 aliphatic carbocycles. The molecule has 3 nitrogen and oxygen atoms in total. The van der Waals surface area contributed by atoms with Gasteiger partial charge >= 0.3 is 5.97 Å². The molecule has 0 saturated carbocycles. The van der Waals surface area contributed by atoms with Crippen LogP contribution in [0.1, 0.15) is 80.0 Å². The number of carbonyl (C=O) groups is 1. The van der Waals surface area contributed by atoms with Gasteiger partial charge in [-0.1, -0.05) is 68.5 Å². The Morgan fingerprint density at radius 3 is 1.70 bits per heavy atom. The fourth-order valence-electron chi connectivity index (χ4n) is 2.32. The lowest BCUT2D eigenvalue weighted by molar-refractivity contribution is -0.142. The normalized spacial score (nSPS) is 11.3. The Labute approximate surface area is 143 Å². The van der Waals surface area contributed by atoms with E-state index in [9.17, 15) is 9.90 Å². The zero-order valence-corrected chi connectivity index (χ0v) is 14.3. The van der Waals surface area contributed by atoms with Crippen molar-refractivity contribution in [2.45, 2.75) is 80.6 Å². The Kier molecular flexibility index (Phi) is 8.65. The summed E-state index contributed by atoms with van der Waals surface area (Å²) in [6, 6.07) is 3.84. The summed E-state index contributed by atoms with van der Waals surface area (Å²) in [5.74, 6) is 0.102. The Bertz CT molecular complexity index is 482. The fourth-order valence-corrected chi connectivity index (χ4v) is 2.32. The van der Waals surface area contributed by atoms with E-state index in [0.717, 1.165) is 16.7 Å². The number of carbonyl (C=O) groups excluding carboxylic acids is 1. The third-order valence-corrected chi connectivity index (χ3v) is 3.44. The van der Waals surface area contributed by atoms with Crippen molar-refractivity contribution in [3.63, 3.8) is 0 Å². The van der Waals surface area contributed by atoms with Crippen LogP contribution in [0.5, 0.6) is 5.75 Å². The minimum atomic E-state index is -0.233. The predicted octanol–water partition coefficient (Wildman–Crippen LogP) is 5.37. The standard InChI is InChI=1S/C18H28O3.2CH4/c1-8-21-15(19)11-12-9-13(17(2,3)4)16(20)14(10-12)18(5,6)7;;/h9-10,20H,8,11H2,1-7H3;2*1H4. The zero-order chi connectivity index (χ0) is 16.4. The minimum Gasteiger partial charge on any atom is -0.507 e. The average molecular weight is 325 g/mol. The van der Waals surface area contributed by atoms with Gasteiger partial charge in [-0.05, 0) is 34.4 Å². The maximum absolute atomic E-state index is 11.7. The van der Waals surface area contributed by atoms with Gasteiger partial charge in [0.1, 0.15) is 5.75 Å². The third kappa shape index (κ3) is 6.25. The van der Waals surface area contributed by atoms with Gasteiger partial charge < -0.3 is 9.84 Å². The first kappa shape index (κ1) is 23.8. The lowest BCUT2D eigenvalue weighted by Crippen LogP contribution is -2.19. The first-order valence-electron chi connectivity index (χ1n) is 7.49. The molecular formula is C20H36O3. The zero-order valence-electron chi connectivity index (χ0n) is 14.3. The molecule has 0 amide bonds. The molecule has 0 aliphatic heterocycles. The maximum atomic E-state index is 11.7. The van der Waals surface area contributed by atoms with Crippen molar-refractivity contribution in [2.75, 3.05) is 6.61 Å². The number of rotatable bonds is 3. The number of esters is 1. The molecule has 0 spiro atoms. The van der Waals surface area contributed by atoms with Gasteiger partial charge in [0.05, 0.1) is 13.0 Å². The lowest BCUT2D eigenvalue weighted by atomic mass is 9.78. The molecule has 1 aromatic carbocycles. The van der Waals surface area contributed by atoms with Crippen molar-refractivity contribution < 1.29 is 14.6 Å². The summed E-state index contributed by atoms with van der Waals surface area (Å²) >= 11 is 0. The van der Waals surface area contributed by atoms with Crippen LogP contribution in [-0.4, -0.2) is 17.7 Å². The topological polar surface area (TPSA) is 46.5 Å². The molecule has 0 fully saturated rings. The molecule has 0 bridgehead atoms. The molecule has 0 saturated heterocycles. The second-order valence-corrected chi connectivity index (χ2v) is 7.52. The first-order chi connectivity index (χ1) is 9.46. The van der Waals surface area contributed by atoms with Crippen molar-refractivity contribution >= 4 is 5.97 Å². The highest BCUT2D eigenvalue weighted by atomic mass is 16.5. The van der Waals surface area contributed by atoms with Gasteiger partial charge in [-0.25, -0.2) is 0 Å². The van der Waals surface area contributed by atoms with Gasteiger partial charge in [-0.2, -0.15) is 0 Å². The number of phenols is 1. The van der Waals surface area contributed by atoms with Crippen LogP contribution in [0.4, 0.5) is 0 Å². The van der Waals surface area contributed by atoms with E-state index >= 15 is 0 Å². The van der Waals surface area contributed by atoms with Crippen molar-refractivity contribution in [1.82, 2.24) is 0 Å². The molecule has 134 valence electrons. The van der Waals surface area contributed by atoms with Gasteiger partial charge in [0.25, 0.3) is 0 Å². The molecule has 3 heteroatoms. The molecule has 0 radical (unpaired) electrons. The Morgan fingerprint density at radius 2 is 1.39 bits per heavy atom. The quantitative estimate of drug-likeness (QED) is 0.761. The van der Waals surface area contributed by atoms with Crippen LogP contribution < -0.4 is 0 Å². The number of benzene rings is 1. The van der Waals surface area contributed by atoms with Crippen molar-refractivity contribution in [1.29, 1.82) is 0 Å². The molecule has 0 unspecified atom stereocenters. The van der Waals surface area contributed by atoms with E-state index in [1.54, 1.807) is 6.92 Å². The highest BCUT2D eigenvalue weighted by Gasteiger charge is 2.26. The second-order valence-electron chi connectivity index (χ2n) is 7.52. The van der Waals surface area contributed by atoms with E-state index < -0.39 is 0 Å². The highest BCUT2D eigenvalue weighted by Crippen LogP contribution is 2.39. The van der Waals surface area contributed by atoms with Crippen molar-refractivity contribution in [3.05, 3.63) is 28.8 Å². The molecule has 0 aliphatic rings. The fraction of sp³-hybridized carbons (Fsp3) is 0.650. The number of phenolic OH excluding ortho intramolecular Hbond substituents is 1. The van der Waals surface area contributed by atoms with Crippen LogP contribution in [0.3, 0.4) is 0 Å². The smallest absolute Gasteiger partial charge is 0.310 e. The Balaban J connectivity index is 0. The highest BCUT2D eigenvalue weighted by molar-refractivity contribution is 5.73. The molecular weight excluding hydrogens is 288 g/mol. The largest absolute Gasteiger partial charge is 0.507 e. The molecule has 0 heterocycles. The maximum Gasteiger partial charge on any atom is 0.310 e. The summed E-state index contributed by atoms with van der Waals surface area (Å²) in [5, 5.41) is 10.6. The molecule has 0 aromatic heterocycles. The van der Waals surface area contributed by atoms with E-state index in [4.69, 9.17) is 4.74 Å². The van der Waals surface area contributed by atoms with E-state index in [1.165, 1.54) is 0 Å². The summed E-state index contributed by atoms with van der Waals surface area (Å²) < 4.78 is 5.03. The Morgan fingerprint density at radius 1 is 1.00 bits per heavy atom. The van der Waals surface area contributed by atoms with Gasteiger partial charge in [0, 0.05) is 0 Å². The van der Waals surface area contributed by atoms with E-state index in [2.05, 4.69) is 41.5 Å². The first-order valence-corrected chi connectivity index (χ1v) is 7.49. The van der Waals surface area contributed by atoms with E-state index in [-0.39, 0.29) is 38.1 Å². The van der Waals surface area contributed by atoms with Crippen LogP contribution in [0.15, 0.2) is 12.1 Å². The van der Waals surface area contributed by atoms with Gasteiger partial charge in [0.15, 0.2) is 0 Å². The summed E-state index contributed by atoms with van der Waals surface area (Å²) in [6.07, 6.45) is 0.236. The van der Waals surface area contributed by atoms with Gasteiger partial charge in [0.2, 0.25) is 0 Å². The van der Waals surface area contributed by atoms with E-state index in [1.807, 2.05) is 12.1 Å². The number of ether oxygens (including phenoxy) is 1. The van der Waals surface area contributed by atoms with Crippen LogP contribution >= 0.6 is 0 Å². The van der Waals surface area contributed by atoms with Crippen LogP contribution in [0.25, 0.3) is 0 Å². The average Bonchev–Trinajstić information content (AvgIpc) is 2.28.